The Labute approximate surface area is 224 Å². The number of carbonyl (C=O) groups is 5. The van der Waals surface area contributed by atoms with Gasteiger partial charge in [-0.05, 0) is 33.7 Å². The zero-order chi connectivity index (χ0) is 28.6. The summed E-state index contributed by atoms with van der Waals surface area (Å²) in [4.78, 5) is 65.3. The summed E-state index contributed by atoms with van der Waals surface area (Å²) in [5.41, 5.74) is 4.36. The normalized spacial score (nSPS) is 31.5. The first kappa shape index (κ1) is 26.6. The molecule has 5 rings (SSSR count). The summed E-state index contributed by atoms with van der Waals surface area (Å²) in [7, 11) is 0. The first-order valence-electron chi connectivity index (χ1n) is 12.7. The molecule has 3 aliphatic rings. The quantitative estimate of drug-likeness (QED) is 0.423. The van der Waals surface area contributed by atoms with Gasteiger partial charge in [0.2, 0.25) is 5.91 Å². The average molecular weight is 532 g/mol. The summed E-state index contributed by atoms with van der Waals surface area (Å²) in [6.07, 6.45) is -0.645. The van der Waals surface area contributed by atoms with Crippen LogP contribution in [-0.4, -0.2) is 56.1 Å². The van der Waals surface area contributed by atoms with E-state index in [4.69, 9.17) is 5.73 Å². The highest BCUT2D eigenvalue weighted by Gasteiger charge is 2.69. The highest BCUT2D eigenvalue weighted by Crippen LogP contribution is 2.54. The van der Waals surface area contributed by atoms with Crippen molar-refractivity contribution in [2.45, 2.75) is 44.3 Å². The van der Waals surface area contributed by atoms with Gasteiger partial charge in [0.05, 0.1) is 17.6 Å². The van der Waals surface area contributed by atoms with Crippen LogP contribution in [0, 0.1) is 23.7 Å². The minimum Gasteiger partial charge on any atom is -0.507 e. The fourth-order valence-electron chi connectivity index (χ4n) is 6.29. The van der Waals surface area contributed by atoms with Gasteiger partial charge in [-0.25, -0.2) is 0 Å². The topological polar surface area (TPSA) is 172 Å². The Hall–Kier alpha value is -3.95. The first-order valence-corrected chi connectivity index (χ1v) is 12.7. The Bertz CT molecular complexity index is 1480. The second-order valence-electron chi connectivity index (χ2n) is 11.6. The molecular formula is C30H29NO8. The molecule has 5 N–H and O–H groups in total. The Morgan fingerprint density at radius 3 is 2.26 bits per heavy atom. The van der Waals surface area contributed by atoms with E-state index in [1.165, 1.54) is 12.1 Å². The number of phenolic OH excluding ortho intramolecular Hbond substituents is 1. The van der Waals surface area contributed by atoms with Crippen molar-refractivity contribution in [2.75, 3.05) is 0 Å². The van der Waals surface area contributed by atoms with Gasteiger partial charge < -0.3 is 21.1 Å². The first-order chi connectivity index (χ1) is 18.2. The van der Waals surface area contributed by atoms with Crippen molar-refractivity contribution in [3.05, 3.63) is 64.7 Å². The van der Waals surface area contributed by atoms with Crippen LogP contribution in [-0.2, 0) is 24.6 Å². The summed E-state index contributed by atoms with van der Waals surface area (Å²) >= 11 is 0. The average Bonchev–Trinajstić information content (AvgIpc) is 2.85. The summed E-state index contributed by atoms with van der Waals surface area (Å²) in [6.45, 7) is 6.20. The molecule has 9 heteroatoms. The summed E-state index contributed by atoms with van der Waals surface area (Å²) in [6, 6.07) is 11.9. The maximum Gasteiger partial charge on any atom is 0.235 e. The van der Waals surface area contributed by atoms with Crippen LogP contribution in [0.15, 0.2) is 42.5 Å². The van der Waals surface area contributed by atoms with Gasteiger partial charge in [0, 0.05) is 18.3 Å². The van der Waals surface area contributed by atoms with E-state index in [1.807, 2.05) is 24.3 Å². The molecule has 2 aromatic rings. The Kier molecular flexibility index (Phi) is 6.01. The molecule has 0 heterocycles. The molecule has 2 aromatic carbocycles. The van der Waals surface area contributed by atoms with Crippen molar-refractivity contribution >= 4 is 40.7 Å². The number of ketones is 4. The van der Waals surface area contributed by atoms with E-state index < -0.39 is 76.6 Å². The van der Waals surface area contributed by atoms with E-state index in [2.05, 4.69) is 20.8 Å². The molecule has 0 saturated heterocycles. The highest BCUT2D eigenvalue weighted by molar-refractivity contribution is 6.32. The fraction of sp³-hybridized carbons (Fsp3) is 0.367. The molecule has 0 spiro atoms. The number of amides is 1. The molecule has 2 fully saturated rings. The molecule has 0 radical (unpaired) electrons. The number of nitrogens with two attached hydrogens (primary N) is 1. The number of aliphatic hydroxyl groups is 2. The number of aromatic hydroxyl groups is 1. The summed E-state index contributed by atoms with van der Waals surface area (Å²) in [5, 5.41) is 33.6. The zero-order valence-electron chi connectivity index (χ0n) is 21.7. The Balaban J connectivity index is 1.71. The van der Waals surface area contributed by atoms with Crippen molar-refractivity contribution in [3.63, 3.8) is 0 Å². The number of rotatable bonds is 2. The molecule has 2 saturated carbocycles. The van der Waals surface area contributed by atoms with Gasteiger partial charge in [0.1, 0.15) is 5.75 Å². The monoisotopic (exact) mass is 531 g/mol. The highest BCUT2D eigenvalue weighted by atomic mass is 16.3. The molecule has 202 valence electrons. The van der Waals surface area contributed by atoms with E-state index in [-0.39, 0.29) is 11.0 Å². The number of phenols is 1. The minimum atomic E-state index is -2.97. The zero-order valence-corrected chi connectivity index (χ0v) is 21.7. The third-order valence-electron chi connectivity index (χ3n) is 8.34. The molecule has 0 aliphatic heterocycles. The number of primary amides is 1. The maximum absolute atomic E-state index is 13.9. The molecule has 39 heavy (non-hydrogen) atoms. The van der Waals surface area contributed by atoms with Gasteiger partial charge in [0.15, 0.2) is 34.7 Å². The SMILES string of the molecule is CC(C)(C)c1ccc(C=C2c3cccc(O)c3C(=O)C3C(=O)C4(O)C(=O)C(C(N)=O)C(=O)CC4C(O)C23)cc1. The smallest absolute Gasteiger partial charge is 0.235 e. The number of benzene rings is 2. The number of hydrogen-bond donors (Lipinski definition) is 4. The number of hydrogen-bond acceptors (Lipinski definition) is 8. The van der Waals surface area contributed by atoms with Crippen LogP contribution in [0.25, 0.3) is 11.6 Å². The van der Waals surface area contributed by atoms with Crippen LogP contribution in [0.2, 0.25) is 0 Å². The molecule has 6 atom stereocenters. The van der Waals surface area contributed by atoms with E-state index in [1.54, 1.807) is 12.1 Å². The summed E-state index contributed by atoms with van der Waals surface area (Å²) in [5.74, 6) is -12.8. The number of aliphatic hydroxyl groups excluding tert-OH is 1. The van der Waals surface area contributed by atoms with Crippen LogP contribution >= 0.6 is 0 Å². The molecule has 0 bridgehead atoms. The van der Waals surface area contributed by atoms with E-state index in [0.717, 1.165) is 5.56 Å². The van der Waals surface area contributed by atoms with E-state index in [0.29, 0.717) is 16.7 Å². The predicted molar refractivity (Wildman–Crippen MR) is 139 cm³/mol. The minimum absolute atomic E-state index is 0.105. The third kappa shape index (κ3) is 3.79. The van der Waals surface area contributed by atoms with Crippen molar-refractivity contribution in [3.8, 4) is 5.75 Å². The Morgan fingerprint density at radius 1 is 1.03 bits per heavy atom. The lowest BCUT2D eigenvalue weighted by atomic mass is 9.51. The predicted octanol–water partition coefficient (Wildman–Crippen LogP) is 1.59. The maximum atomic E-state index is 13.9. The van der Waals surface area contributed by atoms with E-state index in [9.17, 15) is 39.3 Å². The third-order valence-corrected chi connectivity index (χ3v) is 8.34. The molecule has 9 nitrogen and oxygen atoms in total. The van der Waals surface area contributed by atoms with Gasteiger partial charge in [-0.3, -0.25) is 24.0 Å². The number of fused-ring (bicyclic) bond motifs is 3. The van der Waals surface area contributed by atoms with Crippen molar-refractivity contribution in [2.24, 2.45) is 29.4 Å². The van der Waals surface area contributed by atoms with Gasteiger partial charge in [-0.15, -0.1) is 0 Å². The van der Waals surface area contributed by atoms with Crippen molar-refractivity contribution in [1.82, 2.24) is 0 Å². The lowest BCUT2D eigenvalue weighted by Gasteiger charge is -2.51. The molecule has 1 amide bonds. The van der Waals surface area contributed by atoms with Gasteiger partial charge >= 0.3 is 0 Å². The van der Waals surface area contributed by atoms with Crippen molar-refractivity contribution in [1.29, 1.82) is 0 Å². The molecule has 3 aliphatic carbocycles. The van der Waals surface area contributed by atoms with Gasteiger partial charge in [0.25, 0.3) is 0 Å². The Morgan fingerprint density at radius 2 is 1.67 bits per heavy atom. The van der Waals surface area contributed by atoms with Crippen molar-refractivity contribution < 1.29 is 39.3 Å². The van der Waals surface area contributed by atoms with Crippen LogP contribution < -0.4 is 5.73 Å². The van der Waals surface area contributed by atoms with Crippen LogP contribution in [0.4, 0.5) is 0 Å². The van der Waals surface area contributed by atoms with Crippen LogP contribution in [0.5, 0.6) is 5.75 Å². The van der Waals surface area contributed by atoms with Gasteiger partial charge in [-0.1, -0.05) is 63.2 Å². The largest absolute Gasteiger partial charge is 0.507 e. The second-order valence-corrected chi connectivity index (χ2v) is 11.6. The summed E-state index contributed by atoms with van der Waals surface area (Å²) < 4.78 is 0. The lowest BCUT2D eigenvalue weighted by Crippen LogP contribution is -2.72. The fourth-order valence-corrected chi connectivity index (χ4v) is 6.29. The second kappa shape index (κ2) is 8.79. The van der Waals surface area contributed by atoms with Crippen LogP contribution in [0.3, 0.4) is 0 Å². The molecule has 0 aromatic heterocycles. The molecular weight excluding hydrogens is 502 g/mol. The number of carbonyl (C=O) groups excluding carboxylic acids is 5. The van der Waals surface area contributed by atoms with E-state index >= 15 is 0 Å². The van der Waals surface area contributed by atoms with Crippen LogP contribution in [0.1, 0.15) is 54.2 Å². The van der Waals surface area contributed by atoms with Gasteiger partial charge in [-0.2, -0.15) is 0 Å². The number of Topliss-reactive ketones (excluding diaryl/α,β-unsaturated/α-hetero) is 4. The molecule has 6 unspecified atom stereocenters. The standard InChI is InChI=1S/C30H29NO8/c1-29(2,3)14-9-7-13(8-10-14)11-16-15-5-4-6-18(32)20(15)25(35)23-21(16)24(34)17-12-19(33)22(28(31)38)26(36)30(17,39)27(23)37/h4-11,17,21-24,32,34,39H,12H2,1-3H3,(H2,31,38). The lowest BCUT2D eigenvalue weighted by molar-refractivity contribution is -0.185.